The van der Waals surface area contributed by atoms with Crippen LogP contribution in [-0.2, 0) is 14.9 Å². The van der Waals surface area contributed by atoms with E-state index in [9.17, 15) is 14.7 Å². The molecule has 0 unspecified atom stereocenters. The van der Waals surface area contributed by atoms with Gasteiger partial charge in [-0.3, -0.25) is 4.79 Å². The predicted octanol–water partition coefficient (Wildman–Crippen LogP) is 5.44. The summed E-state index contributed by atoms with van der Waals surface area (Å²) >= 11 is 0. The maximum atomic E-state index is 12.4. The van der Waals surface area contributed by atoms with Crippen molar-refractivity contribution in [3.05, 3.63) is 53.6 Å². The third-order valence-corrected chi connectivity index (χ3v) is 7.72. The Kier molecular flexibility index (Phi) is 6.00. The second-order valence-corrected chi connectivity index (χ2v) is 10.7. The summed E-state index contributed by atoms with van der Waals surface area (Å²) in [7, 11) is 0. The number of hydrogen-bond acceptors (Lipinski definition) is 5. The molecular weight excluding hydrogens is 430 g/mol. The van der Waals surface area contributed by atoms with Gasteiger partial charge in [0.25, 0.3) is 5.91 Å². The van der Waals surface area contributed by atoms with Gasteiger partial charge in [-0.25, -0.2) is 4.79 Å². The van der Waals surface area contributed by atoms with Gasteiger partial charge in [-0.05, 0) is 111 Å². The second-order valence-electron chi connectivity index (χ2n) is 10.7. The fourth-order valence-electron chi connectivity index (χ4n) is 6.75. The molecule has 0 heterocycles. The van der Waals surface area contributed by atoms with Crippen molar-refractivity contribution >= 4 is 17.6 Å². The molecule has 4 saturated carbocycles. The molecule has 0 aliphatic heterocycles. The number of phenolic OH excluding ortho intramolecular Hbond substituents is 1. The molecule has 6 rings (SSSR count). The van der Waals surface area contributed by atoms with Gasteiger partial charge in [-0.2, -0.15) is 0 Å². The van der Waals surface area contributed by atoms with E-state index in [1.807, 2.05) is 12.1 Å². The van der Waals surface area contributed by atoms with Crippen LogP contribution in [0.15, 0.2) is 42.5 Å². The van der Waals surface area contributed by atoms with Crippen molar-refractivity contribution in [2.24, 2.45) is 17.8 Å². The number of nitrogens with one attached hydrogen (secondary N) is 1. The van der Waals surface area contributed by atoms with Crippen LogP contribution in [0, 0.1) is 17.8 Å². The van der Waals surface area contributed by atoms with E-state index < -0.39 is 11.9 Å². The Morgan fingerprint density at radius 2 is 1.62 bits per heavy atom. The first-order chi connectivity index (χ1) is 16.3. The number of carbonyl (C=O) groups excluding carboxylic acids is 2. The van der Waals surface area contributed by atoms with Crippen LogP contribution >= 0.6 is 0 Å². The third kappa shape index (κ3) is 4.63. The van der Waals surface area contributed by atoms with Gasteiger partial charge in [0.15, 0.2) is 6.61 Å². The smallest absolute Gasteiger partial charge is 0.338 e. The molecule has 4 bridgehead atoms. The van der Waals surface area contributed by atoms with Crippen molar-refractivity contribution in [1.82, 2.24) is 0 Å². The molecule has 0 saturated heterocycles. The lowest BCUT2D eigenvalue weighted by molar-refractivity contribution is -0.118. The van der Waals surface area contributed by atoms with E-state index in [-0.39, 0.29) is 29.7 Å². The van der Waals surface area contributed by atoms with Crippen LogP contribution in [0.25, 0.3) is 0 Å². The maximum Gasteiger partial charge on any atom is 0.338 e. The molecule has 180 valence electrons. The highest BCUT2D eigenvalue weighted by Crippen LogP contribution is 2.60. The van der Waals surface area contributed by atoms with Gasteiger partial charge in [0, 0.05) is 0 Å². The van der Waals surface area contributed by atoms with Gasteiger partial charge in [0.05, 0.1) is 17.4 Å². The molecule has 4 fully saturated rings. The summed E-state index contributed by atoms with van der Waals surface area (Å²) in [4.78, 5) is 24.5. The SMILES string of the molecule is CC(C)OC(=O)c1ccc(O)c(NC(=O)COc2ccc(C34CC5CC(CC(C5)C3)C4)cc2)c1. The van der Waals surface area contributed by atoms with E-state index in [1.165, 1.54) is 62.3 Å². The standard InChI is InChI=1S/C28H33NO5/c1-17(2)34-27(32)21-3-8-25(30)24(12-21)29-26(31)16-33-23-6-4-22(5-7-23)28-13-18-9-19(14-28)11-20(10-18)15-28/h3-8,12,17-20,30H,9-11,13-16H2,1-2H3,(H,29,31). The summed E-state index contributed by atoms with van der Waals surface area (Å²) in [5.41, 5.74) is 2.15. The van der Waals surface area contributed by atoms with Gasteiger partial charge in [0.2, 0.25) is 0 Å². The molecule has 2 N–H and O–H groups in total. The number of benzene rings is 2. The molecule has 6 heteroatoms. The molecule has 6 nitrogen and oxygen atoms in total. The van der Waals surface area contributed by atoms with Gasteiger partial charge in [-0.1, -0.05) is 12.1 Å². The van der Waals surface area contributed by atoms with Crippen molar-refractivity contribution < 1.29 is 24.2 Å². The molecule has 2 aromatic rings. The monoisotopic (exact) mass is 463 g/mol. The van der Waals surface area contributed by atoms with E-state index in [2.05, 4.69) is 17.4 Å². The first-order valence-corrected chi connectivity index (χ1v) is 12.4. The Bertz CT molecular complexity index is 1040. The maximum absolute atomic E-state index is 12.4. The average molecular weight is 464 g/mol. The first-order valence-electron chi connectivity index (χ1n) is 12.4. The molecule has 0 aromatic heterocycles. The minimum absolute atomic E-state index is 0.130. The van der Waals surface area contributed by atoms with Crippen molar-refractivity contribution in [2.45, 2.75) is 63.9 Å². The number of aromatic hydroxyl groups is 1. The number of amides is 1. The number of rotatable bonds is 7. The Hall–Kier alpha value is -3.02. The van der Waals surface area contributed by atoms with Crippen LogP contribution in [-0.4, -0.2) is 29.7 Å². The van der Waals surface area contributed by atoms with Gasteiger partial charge in [0.1, 0.15) is 11.5 Å². The van der Waals surface area contributed by atoms with E-state index in [1.54, 1.807) is 13.8 Å². The zero-order valence-electron chi connectivity index (χ0n) is 19.9. The minimum Gasteiger partial charge on any atom is -0.506 e. The quantitative estimate of drug-likeness (QED) is 0.422. The number of phenols is 1. The number of esters is 1. The van der Waals surface area contributed by atoms with Gasteiger partial charge >= 0.3 is 5.97 Å². The lowest BCUT2D eigenvalue weighted by Crippen LogP contribution is -2.48. The van der Waals surface area contributed by atoms with Crippen molar-refractivity contribution in [3.63, 3.8) is 0 Å². The fourth-order valence-corrected chi connectivity index (χ4v) is 6.75. The summed E-state index contributed by atoms with van der Waals surface area (Å²) in [6, 6.07) is 12.5. The van der Waals surface area contributed by atoms with Gasteiger partial charge < -0.3 is 19.9 Å². The molecule has 4 aliphatic rings. The Balaban J connectivity index is 1.18. The second kappa shape index (κ2) is 8.97. The fraction of sp³-hybridized carbons (Fsp3) is 0.500. The first kappa shape index (κ1) is 22.8. The van der Waals surface area contributed by atoms with E-state index in [4.69, 9.17) is 9.47 Å². The molecule has 34 heavy (non-hydrogen) atoms. The van der Waals surface area contributed by atoms with Crippen molar-refractivity contribution in [1.29, 1.82) is 0 Å². The number of hydrogen-bond donors (Lipinski definition) is 2. The number of carbonyl (C=O) groups is 2. The zero-order chi connectivity index (χ0) is 23.9. The van der Waals surface area contributed by atoms with Crippen LogP contribution in [0.3, 0.4) is 0 Å². The van der Waals surface area contributed by atoms with Crippen LogP contribution < -0.4 is 10.1 Å². The molecule has 0 atom stereocenters. The van der Waals surface area contributed by atoms with E-state index in [0.717, 1.165) is 17.8 Å². The lowest BCUT2D eigenvalue weighted by atomic mass is 9.48. The Morgan fingerprint density at radius 1 is 1.00 bits per heavy atom. The van der Waals surface area contributed by atoms with Gasteiger partial charge in [-0.15, -0.1) is 0 Å². The molecule has 4 aliphatic carbocycles. The normalized spacial score (nSPS) is 27.0. The Labute approximate surface area is 200 Å². The summed E-state index contributed by atoms with van der Waals surface area (Å²) in [5, 5.41) is 12.7. The van der Waals surface area contributed by atoms with Crippen LogP contribution in [0.5, 0.6) is 11.5 Å². The highest BCUT2D eigenvalue weighted by Gasteiger charge is 2.51. The summed E-state index contributed by atoms with van der Waals surface area (Å²) in [6.45, 7) is 3.32. The molecule has 0 spiro atoms. The molecule has 0 radical (unpaired) electrons. The largest absolute Gasteiger partial charge is 0.506 e. The highest BCUT2D eigenvalue weighted by atomic mass is 16.5. The number of ether oxygens (including phenoxy) is 2. The molecule has 2 aromatic carbocycles. The van der Waals surface area contributed by atoms with Crippen LogP contribution in [0.1, 0.15) is 68.3 Å². The average Bonchev–Trinajstić information content (AvgIpc) is 2.78. The lowest BCUT2D eigenvalue weighted by Gasteiger charge is -2.57. The Morgan fingerprint density at radius 3 is 2.21 bits per heavy atom. The molecular formula is C28H33NO5. The topological polar surface area (TPSA) is 84.9 Å². The molecule has 1 amide bonds. The predicted molar refractivity (Wildman–Crippen MR) is 129 cm³/mol. The van der Waals surface area contributed by atoms with Crippen LogP contribution in [0.4, 0.5) is 5.69 Å². The van der Waals surface area contributed by atoms with Crippen LogP contribution in [0.2, 0.25) is 0 Å². The van der Waals surface area contributed by atoms with E-state index in [0.29, 0.717) is 11.2 Å². The summed E-state index contributed by atoms with van der Waals surface area (Å²) < 4.78 is 10.9. The third-order valence-electron chi connectivity index (χ3n) is 7.72. The highest BCUT2D eigenvalue weighted by molar-refractivity contribution is 5.96. The number of anilines is 1. The minimum atomic E-state index is -0.513. The van der Waals surface area contributed by atoms with E-state index >= 15 is 0 Å². The van der Waals surface area contributed by atoms with Crippen molar-refractivity contribution in [3.8, 4) is 11.5 Å². The summed E-state index contributed by atoms with van der Waals surface area (Å²) in [6.07, 6.45) is 7.95. The zero-order valence-corrected chi connectivity index (χ0v) is 19.9. The summed E-state index contributed by atoms with van der Waals surface area (Å²) in [5.74, 6) is 2.27. The van der Waals surface area contributed by atoms with Crippen molar-refractivity contribution in [2.75, 3.05) is 11.9 Å².